The number of anilines is 2. The van der Waals surface area contributed by atoms with Crippen molar-refractivity contribution >= 4 is 17.7 Å². The Morgan fingerprint density at radius 1 is 0.889 bits per heavy atom. The predicted octanol–water partition coefficient (Wildman–Crippen LogP) is 9.12. The topological polar surface area (TPSA) is 58.6 Å². The van der Waals surface area contributed by atoms with E-state index in [0.29, 0.717) is 30.5 Å². The Bertz CT molecular complexity index is 1470. The van der Waals surface area contributed by atoms with Crippen LogP contribution in [0.2, 0.25) is 0 Å². The summed E-state index contributed by atoms with van der Waals surface area (Å²) < 4.78 is 129. The zero-order valence-electron chi connectivity index (χ0n) is 24.3. The molecule has 2 aromatic carbocycles. The van der Waals surface area contributed by atoms with Crippen molar-refractivity contribution in [1.29, 1.82) is 0 Å². The van der Waals surface area contributed by atoms with Crippen LogP contribution in [0.3, 0.4) is 0 Å². The third-order valence-electron chi connectivity index (χ3n) is 7.32. The third-order valence-corrected chi connectivity index (χ3v) is 7.32. The van der Waals surface area contributed by atoms with Gasteiger partial charge >= 0.3 is 24.6 Å². The van der Waals surface area contributed by atoms with E-state index in [1.165, 1.54) is 22.2 Å². The molecule has 0 N–H and O–H groups in total. The summed E-state index contributed by atoms with van der Waals surface area (Å²) in [5, 5.41) is 0. The molecule has 1 aromatic heterocycles. The fraction of sp³-hybridized carbons (Fsp3) is 0.433. The van der Waals surface area contributed by atoms with E-state index in [0.717, 1.165) is 18.2 Å². The van der Waals surface area contributed by atoms with Crippen LogP contribution in [0.1, 0.15) is 72.5 Å². The Morgan fingerprint density at radius 2 is 1.47 bits per heavy atom. The predicted molar refractivity (Wildman–Crippen MR) is 146 cm³/mol. The molecule has 1 amide bonds. The number of ether oxygens (including phenoxy) is 1. The van der Waals surface area contributed by atoms with E-state index >= 15 is 0 Å². The van der Waals surface area contributed by atoms with Crippen molar-refractivity contribution in [1.82, 2.24) is 9.97 Å². The lowest BCUT2D eigenvalue weighted by Crippen LogP contribution is -2.48. The maximum Gasteiger partial charge on any atom is 0.416 e. The summed E-state index contributed by atoms with van der Waals surface area (Å²) in [6.45, 7) is 4.38. The number of hydrogen-bond acceptors (Lipinski definition) is 5. The molecular formula is C30H29F9N4O2. The molecule has 0 fully saturated rings. The quantitative estimate of drug-likeness (QED) is 0.239. The second kappa shape index (κ2) is 12.8. The number of fused-ring (bicyclic) bond motifs is 1. The number of aryl methyl sites for hydroxylation is 1. The smallest absolute Gasteiger partial charge is 0.416 e. The van der Waals surface area contributed by atoms with Crippen LogP contribution in [0.25, 0.3) is 0 Å². The minimum atomic E-state index is -5.12. The van der Waals surface area contributed by atoms with Crippen molar-refractivity contribution < 1.29 is 49.0 Å². The molecule has 0 radical (unpaired) electrons. The molecule has 45 heavy (non-hydrogen) atoms. The van der Waals surface area contributed by atoms with Crippen molar-refractivity contribution in [2.75, 3.05) is 16.4 Å². The van der Waals surface area contributed by atoms with Gasteiger partial charge in [-0.1, -0.05) is 13.3 Å². The molecule has 1 aliphatic heterocycles. The monoisotopic (exact) mass is 648 g/mol. The molecule has 0 aliphatic carbocycles. The van der Waals surface area contributed by atoms with E-state index in [1.54, 1.807) is 13.8 Å². The Hall–Kier alpha value is -4.04. The number of halogens is 9. The Balaban J connectivity index is 1.96. The van der Waals surface area contributed by atoms with Gasteiger partial charge in [-0.3, -0.25) is 4.90 Å². The van der Waals surface area contributed by atoms with Gasteiger partial charge in [0.05, 0.1) is 35.0 Å². The van der Waals surface area contributed by atoms with Crippen LogP contribution in [-0.4, -0.2) is 28.7 Å². The summed E-state index contributed by atoms with van der Waals surface area (Å²) in [5.41, 5.74) is -3.97. The normalized spacial score (nSPS) is 17.2. The first-order valence-electron chi connectivity index (χ1n) is 13.9. The van der Waals surface area contributed by atoms with Crippen LogP contribution in [0.4, 0.5) is 55.9 Å². The molecule has 4 rings (SSSR count). The van der Waals surface area contributed by atoms with Crippen LogP contribution >= 0.6 is 0 Å². The van der Waals surface area contributed by atoms with Gasteiger partial charge in [-0.2, -0.15) is 39.5 Å². The van der Waals surface area contributed by atoms with Gasteiger partial charge in [-0.15, -0.1) is 0 Å². The zero-order valence-corrected chi connectivity index (χ0v) is 24.3. The summed E-state index contributed by atoms with van der Waals surface area (Å²) in [6.07, 6.45) is -12.3. The third kappa shape index (κ3) is 7.61. The van der Waals surface area contributed by atoms with Gasteiger partial charge in [0.1, 0.15) is 0 Å². The standard InChI is InChI=1S/C30H29F9N4O2/c1-4-6-22-13-25(23-12-19(28(31,32)33)7-8-24(23)43(22)27(44)45-5-2)42(26-40-14-17(3)15-41-26)16-18-9-20(29(34,35)36)11-21(10-18)30(37,38)39/h7-12,14-15,22,25H,4-6,13,16H2,1-3H3/t22-,25+/m1/s1. The molecule has 0 saturated heterocycles. The van der Waals surface area contributed by atoms with Gasteiger partial charge in [0.15, 0.2) is 0 Å². The maximum atomic E-state index is 13.9. The minimum absolute atomic E-state index is 0.00374. The second-order valence-electron chi connectivity index (χ2n) is 10.6. The number of hydrogen-bond donors (Lipinski definition) is 0. The fourth-order valence-corrected chi connectivity index (χ4v) is 5.38. The molecular weight excluding hydrogens is 619 g/mol. The SMILES string of the molecule is CCC[C@@H]1C[C@H](N(Cc2cc(C(F)(F)F)cc(C(F)(F)F)c2)c2ncc(C)cn2)c2cc(C(F)(F)F)ccc2N1C(=O)OCC. The van der Waals surface area contributed by atoms with Crippen LogP contribution in [-0.2, 0) is 29.8 Å². The molecule has 3 aromatic rings. The first-order chi connectivity index (χ1) is 20.9. The first-order valence-corrected chi connectivity index (χ1v) is 13.9. The molecule has 0 spiro atoms. The van der Waals surface area contributed by atoms with Crippen LogP contribution in [0, 0.1) is 6.92 Å². The van der Waals surface area contributed by atoms with E-state index in [2.05, 4.69) is 9.97 Å². The molecule has 6 nitrogen and oxygen atoms in total. The average Bonchev–Trinajstić information content (AvgIpc) is 2.94. The summed E-state index contributed by atoms with van der Waals surface area (Å²) >= 11 is 0. The van der Waals surface area contributed by atoms with Crippen LogP contribution in [0.15, 0.2) is 48.8 Å². The highest BCUT2D eigenvalue weighted by Crippen LogP contribution is 2.46. The number of nitrogens with zero attached hydrogens (tertiary/aromatic N) is 4. The number of aromatic nitrogens is 2. The Kier molecular flexibility index (Phi) is 9.59. The zero-order chi connectivity index (χ0) is 33.3. The van der Waals surface area contributed by atoms with E-state index in [-0.39, 0.29) is 36.3 Å². The lowest BCUT2D eigenvalue weighted by Gasteiger charge is -2.44. The van der Waals surface area contributed by atoms with E-state index in [1.807, 2.05) is 6.92 Å². The second-order valence-corrected chi connectivity index (χ2v) is 10.6. The van der Waals surface area contributed by atoms with E-state index in [9.17, 15) is 44.3 Å². The molecule has 0 saturated carbocycles. The van der Waals surface area contributed by atoms with E-state index < -0.39 is 65.5 Å². The number of amides is 1. The number of carbonyl (C=O) groups is 1. The van der Waals surface area contributed by atoms with Crippen molar-refractivity contribution in [3.05, 3.63) is 82.2 Å². The summed E-state index contributed by atoms with van der Waals surface area (Å²) in [4.78, 5) is 24.1. The molecule has 0 unspecified atom stereocenters. The van der Waals surface area contributed by atoms with Gasteiger partial charge in [0, 0.05) is 25.0 Å². The molecule has 2 atom stereocenters. The van der Waals surface area contributed by atoms with Crippen molar-refractivity contribution in [2.45, 2.75) is 77.2 Å². The first kappa shape index (κ1) is 33.8. The summed E-state index contributed by atoms with van der Waals surface area (Å²) in [5.74, 6) is -0.139. The maximum absolute atomic E-state index is 13.9. The highest BCUT2D eigenvalue weighted by atomic mass is 19.4. The summed E-state index contributed by atoms with van der Waals surface area (Å²) in [7, 11) is 0. The minimum Gasteiger partial charge on any atom is -0.449 e. The number of benzene rings is 2. The summed E-state index contributed by atoms with van der Waals surface area (Å²) in [6, 6.07) is 2.09. The highest BCUT2D eigenvalue weighted by Gasteiger charge is 2.43. The van der Waals surface area contributed by atoms with Crippen molar-refractivity contribution in [2.24, 2.45) is 0 Å². The van der Waals surface area contributed by atoms with Crippen LogP contribution < -0.4 is 9.80 Å². The molecule has 2 heterocycles. The van der Waals surface area contributed by atoms with Crippen molar-refractivity contribution in [3.63, 3.8) is 0 Å². The molecule has 0 bridgehead atoms. The number of alkyl halides is 9. The van der Waals surface area contributed by atoms with Gasteiger partial charge in [-0.25, -0.2) is 14.8 Å². The van der Waals surface area contributed by atoms with Crippen molar-refractivity contribution in [3.8, 4) is 0 Å². The Morgan fingerprint density at radius 3 is 1.98 bits per heavy atom. The van der Waals surface area contributed by atoms with E-state index in [4.69, 9.17) is 4.74 Å². The Labute approximate surface area is 252 Å². The lowest BCUT2D eigenvalue weighted by atomic mass is 9.87. The van der Waals surface area contributed by atoms with Gasteiger partial charge in [0.25, 0.3) is 0 Å². The molecule has 15 heteroatoms. The molecule has 1 aliphatic rings. The van der Waals surface area contributed by atoms with Crippen LogP contribution in [0.5, 0.6) is 0 Å². The lowest BCUT2D eigenvalue weighted by molar-refractivity contribution is -0.143. The number of carbonyl (C=O) groups excluding carboxylic acids is 1. The van der Waals surface area contributed by atoms with Gasteiger partial charge in [-0.05, 0) is 79.8 Å². The fourth-order valence-electron chi connectivity index (χ4n) is 5.38. The molecule has 244 valence electrons. The average molecular weight is 649 g/mol. The largest absolute Gasteiger partial charge is 0.449 e. The van der Waals surface area contributed by atoms with Gasteiger partial charge in [0.2, 0.25) is 5.95 Å². The van der Waals surface area contributed by atoms with Gasteiger partial charge < -0.3 is 9.64 Å². The highest BCUT2D eigenvalue weighted by molar-refractivity contribution is 5.90. The number of rotatable bonds is 7.